The number of amides is 2. The summed E-state index contributed by atoms with van der Waals surface area (Å²) < 4.78 is 1.69. The normalized spacial score (nSPS) is 17.8. The summed E-state index contributed by atoms with van der Waals surface area (Å²) in [7, 11) is 0. The first-order valence-corrected chi connectivity index (χ1v) is 6.40. The lowest BCUT2D eigenvalue weighted by atomic mass is 10.1. The zero-order chi connectivity index (χ0) is 13.9. The molecule has 2 aromatic rings. The smallest absolute Gasteiger partial charge is 0.229 e. The Hall–Kier alpha value is -2.63. The van der Waals surface area contributed by atoms with Crippen molar-refractivity contribution < 1.29 is 9.59 Å². The van der Waals surface area contributed by atoms with Crippen LogP contribution in [0.4, 0.5) is 5.69 Å². The number of aromatic nitrogens is 2. The van der Waals surface area contributed by atoms with E-state index < -0.39 is 0 Å². The highest BCUT2D eigenvalue weighted by Gasteiger charge is 2.28. The molecule has 1 atom stereocenters. The molecule has 1 unspecified atom stereocenters. The van der Waals surface area contributed by atoms with Gasteiger partial charge in [-0.2, -0.15) is 5.10 Å². The number of hydrogen-bond donors (Lipinski definition) is 2. The Bertz CT molecular complexity index is 636. The number of para-hydroxylation sites is 2. The fraction of sp³-hybridized carbons (Fsp3) is 0.214. The van der Waals surface area contributed by atoms with Crippen LogP contribution in [0.15, 0.2) is 42.7 Å². The number of rotatable bonds is 3. The van der Waals surface area contributed by atoms with Crippen molar-refractivity contribution in [1.29, 1.82) is 0 Å². The van der Waals surface area contributed by atoms with E-state index in [0.29, 0.717) is 12.2 Å². The van der Waals surface area contributed by atoms with E-state index in [1.807, 2.05) is 36.5 Å². The van der Waals surface area contributed by atoms with Gasteiger partial charge < -0.3 is 10.6 Å². The van der Waals surface area contributed by atoms with Crippen LogP contribution in [0.2, 0.25) is 0 Å². The molecule has 0 radical (unpaired) electrons. The van der Waals surface area contributed by atoms with Gasteiger partial charge in [-0.05, 0) is 18.2 Å². The lowest BCUT2D eigenvalue weighted by Gasteiger charge is -2.13. The van der Waals surface area contributed by atoms with Gasteiger partial charge in [0.1, 0.15) is 0 Å². The van der Waals surface area contributed by atoms with Crippen LogP contribution in [0.1, 0.15) is 6.42 Å². The summed E-state index contributed by atoms with van der Waals surface area (Å²) >= 11 is 0. The second kappa shape index (κ2) is 5.16. The summed E-state index contributed by atoms with van der Waals surface area (Å²) in [5, 5.41) is 9.69. The van der Waals surface area contributed by atoms with E-state index in [-0.39, 0.29) is 24.2 Å². The number of carbonyl (C=O) groups is 2. The fourth-order valence-electron chi connectivity index (χ4n) is 2.22. The van der Waals surface area contributed by atoms with Gasteiger partial charge in [-0.1, -0.05) is 12.1 Å². The molecule has 1 aromatic heterocycles. The van der Waals surface area contributed by atoms with Gasteiger partial charge in [0.2, 0.25) is 11.8 Å². The second-order valence-corrected chi connectivity index (χ2v) is 4.66. The zero-order valence-corrected chi connectivity index (χ0v) is 10.7. The average molecular weight is 270 g/mol. The van der Waals surface area contributed by atoms with E-state index in [2.05, 4.69) is 15.7 Å². The Morgan fingerprint density at radius 2 is 2.20 bits per heavy atom. The topological polar surface area (TPSA) is 76.0 Å². The van der Waals surface area contributed by atoms with E-state index in [1.165, 1.54) is 0 Å². The van der Waals surface area contributed by atoms with Crippen LogP contribution < -0.4 is 10.6 Å². The summed E-state index contributed by atoms with van der Waals surface area (Å²) in [6.45, 7) is 0.397. The minimum Gasteiger partial charge on any atom is -0.355 e. The van der Waals surface area contributed by atoms with Gasteiger partial charge in [-0.15, -0.1) is 0 Å². The lowest BCUT2D eigenvalue weighted by Crippen LogP contribution is -2.25. The van der Waals surface area contributed by atoms with Gasteiger partial charge in [0.05, 0.1) is 17.3 Å². The Labute approximate surface area is 115 Å². The summed E-state index contributed by atoms with van der Waals surface area (Å²) in [6, 6.07) is 9.24. The first kappa shape index (κ1) is 12.4. The predicted octanol–water partition coefficient (Wildman–Crippen LogP) is 0.947. The summed E-state index contributed by atoms with van der Waals surface area (Å²) in [5.74, 6) is -0.540. The van der Waals surface area contributed by atoms with E-state index in [0.717, 1.165) is 5.69 Å². The number of carbonyl (C=O) groups excluding carboxylic acids is 2. The minimum absolute atomic E-state index is 0.0782. The number of nitrogens with zero attached hydrogens (tertiary/aromatic N) is 2. The average Bonchev–Trinajstić information content (AvgIpc) is 3.10. The SMILES string of the molecule is O=C1CC(C(=O)Nc2ccccc2-n2cccn2)CN1. The molecule has 1 saturated heterocycles. The molecule has 1 aromatic carbocycles. The molecule has 0 bridgehead atoms. The summed E-state index contributed by atoms with van der Waals surface area (Å²) in [5.41, 5.74) is 1.48. The van der Waals surface area contributed by atoms with Gasteiger partial charge in [-0.3, -0.25) is 9.59 Å². The van der Waals surface area contributed by atoms with E-state index in [4.69, 9.17) is 0 Å². The number of nitrogens with one attached hydrogen (secondary N) is 2. The third-order valence-electron chi connectivity index (χ3n) is 3.26. The van der Waals surface area contributed by atoms with Crippen molar-refractivity contribution >= 4 is 17.5 Å². The maximum absolute atomic E-state index is 12.1. The van der Waals surface area contributed by atoms with Gasteiger partial charge in [0.15, 0.2) is 0 Å². The van der Waals surface area contributed by atoms with E-state index in [1.54, 1.807) is 10.9 Å². The molecule has 102 valence electrons. The molecule has 1 fully saturated rings. The first-order chi connectivity index (χ1) is 9.74. The molecule has 6 nitrogen and oxygen atoms in total. The molecular weight excluding hydrogens is 256 g/mol. The predicted molar refractivity (Wildman–Crippen MR) is 73.3 cm³/mol. The van der Waals surface area contributed by atoms with Crippen molar-refractivity contribution in [3.8, 4) is 5.69 Å². The van der Waals surface area contributed by atoms with Gasteiger partial charge in [0.25, 0.3) is 0 Å². The van der Waals surface area contributed by atoms with Crippen molar-refractivity contribution in [3.63, 3.8) is 0 Å². The van der Waals surface area contributed by atoms with Crippen LogP contribution >= 0.6 is 0 Å². The summed E-state index contributed by atoms with van der Waals surface area (Å²) in [4.78, 5) is 23.3. The van der Waals surface area contributed by atoms with Crippen molar-refractivity contribution in [2.75, 3.05) is 11.9 Å². The monoisotopic (exact) mass is 270 g/mol. The molecule has 20 heavy (non-hydrogen) atoms. The molecule has 0 aliphatic carbocycles. The highest BCUT2D eigenvalue weighted by Crippen LogP contribution is 2.21. The van der Waals surface area contributed by atoms with Crippen LogP contribution in [-0.4, -0.2) is 28.1 Å². The second-order valence-electron chi connectivity index (χ2n) is 4.66. The van der Waals surface area contributed by atoms with Crippen LogP contribution in [0, 0.1) is 5.92 Å². The number of hydrogen-bond acceptors (Lipinski definition) is 3. The van der Waals surface area contributed by atoms with Crippen molar-refractivity contribution in [1.82, 2.24) is 15.1 Å². The molecule has 3 rings (SSSR count). The zero-order valence-electron chi connectivity index (χ0n) is 10.7. The molecule has 6 heteroatoms. The van der Waals surface area contributed by atoms with Crippen molar-refractivity contribution in [2.45, 2.75) is 6.42 Å². The molecule has 2 amide bonds. The molecule has 0 saturated carbocycles. The van der Waals surface area contributed by atoms with Crippen molar-refractivity contribution in [2.24, 2.45) is 5.92 Å². The van der Waals surface area contributed by atoms with Crippen LogP contribution in [0.25, 0.3) is 5.69 Å². The van der Waals surface area contributed by atoms with Gasteiger partial charge in [-0.25, -0.2) is 4.68 Å². The lowest BCUT2D eigenvalue weighted by molar-refractivity contribution is -0.123. The quantitative estimate of drug-likeness (QED) is 0.871. The van der Waals surface area contributed by atoms with Crippen LogP contribution in [0.5, 0.6) is 0 Å². The molecule has 2 heterocycles. The highest BCUT2D eigenvalue weighted by atomic mass is 16.2. The van der Waals surface area contributed by atoms with Gasteiger partial charge >= 0.3 is 0 Å². The first-order valence-electron chi connectivity index (χ1n) is 6.40. The molecule has 2 N–H and O–H groups in total. The molecule has 0 spiro atoms. The Morgan fingerprint density at radius 1 is 1.35 bits per heavy atom. The van der Waals surface area contributed by atoms with E-state index >= 15 is 0 Å². The maximum Gasteiger partial charge on any atom is 0.229 e. The molecular formula is C14H14N4O2. The van der Waals surface area contributed by atoms with Crippen LogP contribution in [0.3, 0.4) is 0 Å². The fourth-order valence-corrected chi connectivity index (χ4v) is 2.22. The van der Waals surface area contributed by atoms with Gasteiger partial charge in [0, 0.05) is 25.4 Å². The minimum atomic E-state index is -0.312. The third kappa shape index (κ3) is 2.40. The Balaban J connectivity index is 1.81. The number of anilines is 1. The number of benzene rings is 1. The largest absolute Gasteiger partial charge is 0.355 e. The highest BCUT2D eigenvalue weighted by molar-refractivity contribution is 5.98. The molecule has 1 aliphatic rings. The van der Waals surface area contributed by atoms with E-state index in [9.17, 15) is 9.59 Å². The molecule has 1 aliphatic heterocycles. The third-order valence-corrected chi connectivity index (χ3v) is 3.26. The summed E-state index contributed by atoms with van der Waals surface area (Å²) in [6.07, 6.45) is 3.74. The Kier molecular flexibility index (Phi) is 3.20. The maximum atomic E-state index is 12.1. The standard InChI is InChI=1S/C14H14N4O2/c19-13-8-10(9-15-13)14(20)17-11-4-1-2-5-12(11)18-7-3-6-16-18/h1-7,10H,8-9H2,(H,15,19)(H,17,20). The van der Waals surface area contributed by atoms with Crippen molar-refractivity contribution in [3.05, 3.63) is 42.7 Å². The Morgan fingerprint density at radius 3 is 2.90 bits per heavy atom. The van der Waals surface area contributed by atoms with Crippen LogP contribution in [-0.2, 0) is 9.59 Å².